The summed E-state index contributed by atoms with van der Waals surface area (Å²) in [5.41, 5.74) is -0.491. The maximum absolute atomic E-state index is 12.0. The fourth-order valence-electron chi connectivity index (χ4n) is 1.11. The molecule has 0 fully saturated rings. The summed E-state index contributed by atoms with van der Waals surface area (Å²) in [5.74, 6) is 0.695. The third-order valence-electron chi connectivity index (χ3n) is 2.09. The fourth-order valence-corrected chi connectivity index (χ4v) is 2.89. The zero-order valence-corrected chi connectivity index (χ0v) is 10.8. The lowest BCUT2D eigenvalue weighted by Crippen LogP contribution is -2.32. The molecular weight excluding hydrogens is 248 g/mol. The Morgan fingerprint density at radius 3 is 2.75 bits per heavy atom. The van der Waals surface area contributed by atoms with E-state index in [0.29, 0.717) is 12.3 Å². The average Bonchev–Trinajstić information content (AvgIpc) is 2.26. The molecule has 1 N–H and O–H groups in total. The van der Waals surface area contributed by atoms with E-state index in [2.05, 4.69) is 4.98 Å². The second kappa shape index (κ2) is 5.51. The van der Waals surface area contributed by atoms with E-state index in [4.69, 9.17) is 0 Å². The van der Waals surface area contributed by atoms with Crippen LogP contribution in [0.5, 0.6) is 0 Å². The third-order valence-corrected chi connectivity index (χ3v) is 4.56. The van der Waals surface area contributed by atoms with Crippen LogP contribution in [0.25, 0.3) is 0 Å². The number of hydrogen-bond acceptors (Lipinski definition) is 4. The van der Waals surface area contributed by atoms with Crippen LogP contribution in [0.3, 0.4) is 0 Å². The number of thioether (sulfide) groups is 1. The molecule has 0 saturated carbocycles. The molecule has 5 nitrogen and oxygen atoms in total. The average molecular weight is 262 g/mol. The van der Waals surface area contributed by atoms with Crippen molar-refractivity contribution in [3.8, 4) is 0 Å². The van der Waals surface area contributed by atoms with E-state index in [1.54, 1.807) is 11.8 Å². The third kappa shape index (κ3) is 2.87. The first-order valence-corrected chi connectivity index (χ1v) is 7.46. The summed E-state index contributed by atoms with van der Waals surface area (Å²) in [5, 5.41) is 0. The number of nitrogens with zero attached hydrogens (tertiary/aromatic N) is 1. The quantitative estimate of drug-likeness (QED) is 0.831. The summed E-state index contributed by atoms with van der Waals surface area (Å²) in [6, 6.07) is 1.20. The second-order valence-corrected chi connectivity index (χ2v) is 6.19. The molecule has 0 spiro atoms. The molecule has 1 heterocycles. The van der Waals surface area contributed by atoms with Crippen LogP contribution in [0.2, 0.25) is 0 Å². The van der Waals surface area contributed by atoms with Gasteiger partial charge >= 0.3 is 0 Å². The van der Waals surface area contributed by atoms with Gasteiger partial charge in [0.25, 0.3) is 0 Å². The van der Waals surface area contributed by atoms with Crippen molar-refractivity contribution in [2.24, 2.45) is 0 Å². The van der Waals surface area contributed by atoms with Gasteiger partial charge in [0.2, 0.25) is 15.5 Å². The van der Waals surface area contributed by atoms with Gasteiger partial charge in [0.05, 0.1) is 0 Å². The Balaban J connectivity index is 3.03. The van der Waals surface area contributed by atoms with E-state index >= 15 is 0 Å². The predicted molar refractivity (Wildman–Crippen MR) is 65.3 cm³/mol. The Bertz CT molecular complexity index is 495. The first-order chi connectivity index (χ1) is 7.50. The van der Waals surface area contributed by atoms with Crippen molar-refractivity contribution in [3.05, 3.63) is 28.7 Å². The van der Waals surface area contributed by atoms with Gasteiger partial charge in [0.15, 0.2) is 0 Å². The fraction of sp³-hybridized carbons (Fsp3) is 0.444. The van der Waals surface area contributed by atoms with Crippen LogP contribution < -0.4 is 5.43 Å². The van der Waals surface area contributed by atoms with Crippen LogP contribution >= 0.6 is 11.8 Å². The van der Waals surface area contributed by atoms with Gasteiger partial charge in [-0.25, -0.2) is 8.42 Å². The molecule has 1 aromatic rings. The number of aromatic amines is 1. The number of nitrogens with one attached hydrogen (secondary N) is 1. The van der Waals surface area contributed by atoms with E-state index < -0.39 is 15.5 Å². The highest BCUT2D eigenvalue weighted by atomic mass is 32.2. The minimum atomic E-state index is -3.67. The maximum Gasteiger partial charge on any atom is 0.248 e. The molecule has 0 aliphatic rings. The van der Waals surface area contributed by atoms with Gasteiger partial charge < -0.3 is 4.98 Å². The molecule has 7 heteroatoms. The van der Waals surface area contributed by atoms with Crippen molar-refractivity contribution in [1.82, 2.24) is 9.29 Å². The molecule has 16 heavy (non-hydrogen) atoms. The van der Waals surface area contributed by atoms with Gasteiger partial charge in [0.1, 0.15) is 4.90 Å². The number of sulfonamides is 1. The van der Waals surface area contributed by atoms with Gasteiger partial charge in [-0.2, -0.15) is 16.1 Å². The van der Waals surface area contributed by atoms with Gasteiger partial charge in [-0.15, -0.1) is 0 Å². The topological polar surface area (TPSA) is 70.2 Å². The molecule has 90 valence electrons. The molecule has 0 aliphatic heterocycles. The first-order valence-electron chi connectivity index (χ1n) is 4.62. The Morgan fingerprint density at radius 2 is 2.19 bits per heavy atom. The molecule has 0 unspecified atom stereocenters. The summed E-state index contributed by atoms with van der Waals surface area (Å²) in [6.07, 6.45) is 4.52. The van der Waals surface area contributed by atoms with Crippen molar-refractivity contribution >= 4 is 21.8 Å². The molecule has 1 rings (SSSR count). The van der Waals surface area contributed by atoms with E-state index in [1.807, 2.05) is 6.26 Å². The zero-order chi connectivity index (χ0) is 12.2. The summed E-state index contributed by atoms with van der Waals surface area (Å²) < 4.78 is 25.1. The van der Waals surface area contributed by atoms with Crippen LogP contribution in [0.4, 0.5) is 0 Å². The second-order valence-electron chi connectivity index (χ2n) is 3.19. The van der Waals surface area contributed by atoms with Crippen molar-refractivity contribution in [1.29, 1.82) is 0 Å². The lowest BCUT2D eigenvalue weighted by atomic mass is 10.5. The van der Waals surface area contributed by atoms with Gasteiger partial charge in [-0.1, -0.05) is 0 Å². The highest BCUT2D eigenvalue weighted by Crippen LogP contribution is 2.08. The van der Waals surface area contributed by atoms with Crippen LogP contribution in [-0.4, -0.2) is 43.3 Å². The maximum atomic E-state index is 12.0. The van der Waals surface area contributed by atoms with Crippen LogP contribution in [0, 0.1) is 0 Å². The molecule has 0 radical (unpaired) electrons. The van der Waals surface area contributed by atoms with Crippen molar-refractivity contribution in [3.63, 3.8) is 0 Å². The summed E-state index contributed by atoms with van der Waals surface area (Å²) in [4.78, 5) is 13.8. The molecule has 0 bridgehead atoms. The van der Waals surface area contributed by atoms with Crippen LogP contribution in [-0.2, 0) is 10.0 Å². The predicted octanol–water partition coefficient (Wildman–Crippen LogP) is 0.358. The Morgan fingerprint density at radius 1 is 1.50 bits per heavy atom. The zero-order valence-electron chi connectivity index (χ0n) is 9.13. The van der Waals surface area contributed by atoms with Gasteiger partial charge in [-0.3, -0.25) is 4.79 Å². The minimum absolute atomic E-state index is 0.210. The molecule has 0 atom stereocenters. The standard InChI is InChI=1S/C9H14N2O3S2/c1-11(5-6-15-2)16(13,14)9-7-10-4-3-8(9)12/h3-4,7H,5-6H2,1-2H3,(H,10,12). The summed E-state index contributed by atoms with van der Waals surface area (Å²) in [6.45, 7) is 0.387. The lowest BCUT2D eigenvalue weighted by Gasteiger charge is -2.15. The first kappa shape index (κ1) is 13.3. The lowest BCUT2D eigenvalue weighted by molar-refractivity contribution is 0.487. The Hall–Kier alpha value is -0.790. The molecule has 0 aromatic carbocycles. The number of rotatable bonds is 5. The highest BCUT2D eigenvalue weighted by molar-refractivity contribution is 7.98. The van der Waals surface area contributed by atoms with Crippen LogP contribution in [0.1, 0.15) is 0 Å². The molecule has 1 aromatic heterocycles. The summed E-state index contributed by atoms with van der Waals surface area (Å²) in [7, 11) is -2.20. The normalized spacial score (nSPS) is 11.9. The van der Waals surface area contributed by atoms with Crippen molar-refractivity contribution in [2.75, 3.05) is 25.6 Å². The van der Waals surface area contributed by atoms with Gasteiger partial charge in [0, 0.05) is 37.8 Å². The Labute approximate surface area is 98.9 Å². The number of aromatic nitrogens is 1. The Kier molecular flexibility index (Phi) is 4.57. The molecule has 0 amide bonds. The molecular formula is C9H14N2O3S2. The van der Waals surface area contributed by atoms with Crippen molar-refractivity contribution < 1.29 is 8.42 Å². The van der Waals surface area contributed by atoms with E-state index in [1.165, 1.54) is 29.8 Å². The SMILES string of the molecule is CSCCN(C)S(=O)(=O)c1c[nH]ccc1=O. The largest absolute Gasteiger partial charge is 0.366 e. The van der Waals surface area contributed by atoms with E-state index in [0.717, 1.165) is 0 Å². The smallest absolute Gasteiger partial charge is 0.248 e. The number of H-pyrrole nitrogens is 1. The highest BCUT2D eigenvalue weighted by Gasteiger charge is 2.22. The van der Waals surface area contributed by atoms with E-state index in [9.17, 15) is 13.2 Å². The minimum Gasteiger partial charge on any atom is -0.366 e. The van der Waals surface area contributed by atoms with E-state index in [-0.39, 0.29) is 4.90 Å². The number of pyridine rings is 1. The van der Waals surface area contributed by atoms with Crippen molar-refractivity contribution in [2.45, 2.75) is 4.90 Å². The molecule has 0 aliphatic carbocycles. The summed E-state index contributed by atoms with van der Waals surface area (Å²) >= 11 is 1.55. The molecule has 0 saturated heterocycles. The number of hydrogen-bond donors (Lipinski definition) is 1. The van der Waals surface area contributed by atoms with Gasteiger partial charge in [-0.05, 0) is 6.26 Å². The van der Waals surface area contributed by atoms with Crippen LogP contribution in [0.15, 0.2) is 28.2 Å². The monoisotopic (exact) mass is 262 g/mol.